The van der Waals surface area contributed by atoms with Gasteiger partial charge in [-0.2, -0.15) is 11.4 Å². The van der Waals surface area contributed by atoms with Gasteiger partial charge in [0, 0.05) is 0 Å². The van der Waals surface area contributed by atoms with Crippen LogP contribution in [0.25, 0.3) is 0 Å². The van der Waals surface area contributed by atoms with Crippen molar-refractivity contribution >= 4 is 12.4 Å². The second-order valence-electron chi connectivity index (χ2n) is 1.25. The van der Waals surface area contributed by atoms with Crippen molar-refractivity contribution in [2.75, 3.05) is 6.54 Å². The monoisotopic (exact) mass is 144 g/mol. The first-order chi connectivity index (χ1) is 3.27. The molecule has 3 nitrogen and oxygen atoms in total. The van der Waals surface area contributed by atoms with Crippen molar-refractivity contribution in [3.63, 3.8) is 0 Å². The predicted octanol–water partition coefficient (Wildman–Crippen LogP) is 0.161. The summed E-state index contributed by atoms with van der Waals surface area (Å²) in [6.45, 7) is 1.54. The van der Waals surface area contributed by atoms with Gasteiger partial charge in [0.2, 0.25) is 0 Å². The molecule has 0 aliphatic carbocycles. The molecule has 3 N–H and O–H groups in total. The Morgan fingerprint density at radius 1 is 1.88 bits per heavy atom. The maximum absolute atomic E-state index is 11.7. The molecule has 0 saturated carbocycles. The summed E-state index contributed by atoms with van der Waals surface area (Å²) in [6.07, 6.45) is -0.913. The van der Waals surface area contributed by atoms with E-state index in [9.17, 15) is 4.39 Å². The van der Waals surface area contributed by atoms with Crippen LogP contribution in [0.5, 0.6) is 0 Å². The van der Waals surface area contributed by atoms with E-state index in [0.717, 1.165) is 0 Å². The molecule has 0 amide bonds. The van der Waals surface area contributed by atoms with E-state index in [4.69, 9.17) is 0 Å². The number of rotatable bonds is 3. The zero-order valence-corrected chi connectivity index (χ0v) is 5.37. The van der Waals surface area contributed by atoms with Crippen molar-refractivity contribution in [1.82, 2.24) is 5.48 Å². The molecule has 0 aromatic rings. The lowest BCUT2D eigenvalue weighted by atomic mass is 10.5. The van der Waals surface area contributed by atoms with Crippen molar-refractivity contribution < 1.29 is 9.33 Å². The van der Waals surface area contributed by atoms with Crippen molar-refractivity contribution in [2.45, 2.75) is 13.1 Å². The minimum Gasteiger partial charge on any atom is -0.246 e. The third-order valence-electron chi connectivity index (χ3n) is 0.448. The Morgan fingerprint density at radius 2 is 2.38 bits per heavy atom. The van der Waals surface area contributed by atoms with Crippen LogP contribution >= 0.6 is 12.4 Å². The van der Waals surface area contributed by atoms with Crippen molar-refractivity contribution in [2.24, 2.45) is 5.90 Å². The summed E-state index contributed by atoms with van der Waals surface area (Å²) >= 11 is 0. The molecule has 0 radical (unpaired) electrons. The van der Waals surface area contributed by atoms with Crippen LogP contribution in [0.3, 0.4) is 0 Å². The number of halogens is 2. The van der Waals surface area contributed by atoms with E-state index in [1.54, 1.807) is 0 Å². The van der Waals surface area contributed by atoms with Crippen LogP contribution in [-0.2, 0) is 4.94 Å². The van der Waals surface area contributed by atoms with Crippen molar-refractivity contribution in [3.05, 3.63) is 0 Å². The van der Waals surface area contributed by atoms with Crippen LogP contribution in [0.2, 0.25) is 0 Å². The molecule has 0 bridgehead atoms. The quantitative estimate of drug-likeness (QED) is 0.555. The van der Waals surface area contributed by atoms with E-state index in [1.165, 1.54) is 6.92 Å². The van der Waals surface area contributed by atoms with Gasteiger partial charge in [-0.25, -0.2) is 9.33 Å². The van der Waals surface area contributed by atoms with Gasteiger partial charge in [-0.15, -0.1) is 12.4 Å². The highest BCUT2D eigenvalue weighted by Crippen LogP contribution is 1.81. The summed E-state index contributed by atoms with van der Waals surface area (Å²) in [5, 5.41) is 0. The Morgan fingerprint density at radius 3 is 2.50 bits per heavy atom. The van der Waals surface area contributed by atoms with Gasteiger partial charge in [0.15, 0.2) is 0 Å². The lowest BCUT2D eigenvalue weighted by Gasteiger charge is -1.98. The molecule has 0 spiro atoms. The summed E-state index contributed by atoms with van der Waals surface area (Å²) in [4.78, 5) is 3.86. The molecule has 0 aliphatic heterocycles. The molecule has 0 aromatic carbocycles. The zero-order chi connectivity index (χ0) is 5.70. The standard InChI is InChI=1S/C3H9FN2O.ClH/c1-3(4)2-6-7-5;/h3,6H,2,5H2,1H3;1H. The van der Waals surface area contributed by atoms with Crippen LogP contribution < -0.4 is 11.4 Å². The molecule has 0 heterocycles. The third-order valence-corrected chi connectivity index (χ3v) is 0.448. The Kier molecular flexibility index (Phi) is 9.74. The first-order valence-corrected chi connectivity index (χ1v) is 2.00. The van der Waals surface area contributed by atoms with E-state index in [2.05, 4.69) is 16.3 Å². The van der Waals surface area contributed by atoms with Gasteiger partial charge in [0.05, 0.1) is 6.54 Å². The van der Waals surface area contributed by atoms with Gasteiger partial charge in [-0.1, -0.05) is 0 Å². The molecule has 0 fully saturated rings. The molecular weight excluding hydrogens is 134 g/mol. The largest absolute Gasteiger partial charge is 0.246 e. The summed E-state index contributed by atoms with van der Waals surface area (Å²) < 4.78 is 11.7. The molecule has 1 atom stereocenters. The number of hydrogen-bond donors (Lipinski definition) is 2. The lowest BCUT2D eigenvalue weighted by Crippen LogP contribution is -2.25. The van der Waals surface area contributed by atoms with Gasteiger partial charge in [0.25, 0.3) is 0 Å². The normalized spacial score (nSPS) is 12.4. The van der Waals surface area contributed by atoms with Crippen LogP contribution in [0.1, 0.15) is 6.92 Å². The molecular formula is C3H10ClFN2O. The minimum atomic E-state index is -0.913. The fourth-order valence-electron chi connectivity index (χ4n) is 0.163. The van der Waals surface area contributed by atoms with Crippen LogP contribution in [0.4, 0.5) is 4.39 Å². The van der Waals surface area contributed by atoms with Gasteiger partial charge >= 0.3 is 0 Å². The fourth-order valence-corrected chi connectivity index (χ4v) is 0.163. The Labute approximate surface area is 53.7 Å². The highest BCUT2D eigenvalue weighted by Gasteiger charge is 1.92. The van der Waals surface area contributed by atoms with Crippen molar-refractivity contribution in [3.8, 4) is 0 Å². The molecule has 0 saturated heterocycles. The minimum absolute atomic E-state index is 0. The summed E-state index contributed by atoms with van der Waals surface area (Å²) in [5.74, 6) is 4.50. The second-order valence-corrected chi connectivity index (χ2v) is 1.25. The number of hydrogen-bond acceptors (Lipinski definition) is 3. The van der Waals surface area contributed by atoms with Gasteiger partial charge in [0.1, 0.15) is 6.17 Å². The topological polar surface area (TPSA) is 47.3 Å². The summed E-state index contributed by atoms with van der Waals surface area (Å²) in [5.41, 5.74) is 2.15. The number of hydroxylamine groups is 1. The number of nitrogens with one attached hydrogen (secondary N) is 1. The second kappa shape index (κ2) is 7.10. The Bertz CT molecular complexity index is 46.3. The van der Waals surface area contributed by atoms with Crippen LogP contribution in [-0.4, -0.2) is 12.7 Å². The molecule has 52 valence electrons. The average molecular weight is 145 g/mol. The number of alkyl halides is 1. The Balaban J connectivity index is 0. The maximum atomic E-state index is 11.7. The first-order valence-electron chi connectivity index (χ1n) is 2.00. The van der Waals surface area contributed by atoms with E-state index in [1.807, 2.05) is 0 Å². The number of nitrogens with two attached hydrogens (primary N) is 1. The van der Waals surface area contributed by atoms with Gasteiger partial charge < -0.3 is 0 Å². The molecule has 5 heteroatoms. The highest BCUT2D eigenvalue weighted by atomic mass is 35.5. The van der Waals surface area contributed by atoms with Crippen LogP contribution in [0, 0.1) is 0 Å². The summed E-state index contributed by atoms with van der Waals surface area (Å²) in [7, 11) is 0. The molecule has 0 aromatic heterocycles. The van der Waals surface area contributed by atoms with E-state index >= 15 is 0 Å². The van der Waals surface area contributed by atoms with Gasteiger partial charge in [-0.3, -0.25) is 0 Å². The molecule has 0 rings (SSSR count). The Hall–Kier alpha value is 0.1000. The first kappa shape index (κ1) is 11.0. The predicted molar refractivity (Wildman–Crippen MR) is 31.1 cm³/mol. The van der Waals surface area contributed by atoms with E-state index in [-0.39, 0.29) is 19.0 Å². The SMILES string of the molecule is CC(F)CNON.Cl. The molecule has 0 aliphatic rings. The summed E-state index contributed by atoms with van der Waals surface area (Å²) in [6, 6.07) is 0. The van der Waals surface area contributed by atoms with Crippen LogP contribution in [0.15, 0.2) is 0 Å². The van der Waals surface area contributed by atoms with E-state index < -0.39 is 6.17 Å². The lowest BCUT2D eigenvalue weighted by molar-refractivity contribution is 0.0293. The molecule has 8 heavy (non-hydrogen) atoms. The molecule has 1 unspecified atom stereocenters. The van der Waals surface area contributed by atoms with E-state index in [0.29, 0.717) is 0 Å². The fraction of sp³-hybridized carbons (Fsp3) is 1.00. The highest BCUT2D eigenvalue weighted by molar-refractivity contribution is 5.85. The van der Waals surface area contributed by atoms with Crippen molar-refractivity contribution in [1.29, 1.82) is 0 Å². The van der Waals surface area contributed by atoms with Gasteiger partial charge in [-0.05, 0) is 6.92 Å². The average Bonchev–Trinajstić information content (AvgIpc) is 1.61. The maximum Gasteiger partial charge on any atom is 0.112 e. The smallest absolute Gasteiger partial charge is 0.112 e. The third kappa shape index (κ3) is 9.44. The zero-order valence-electron chi connectivity index (χ0n) is 4.56.